The number of esters is 4. The van der Waals surface area contributed by atoms with Gasteiger partial charge in [0.2, 0.25) is 0 Å². The lowest BCUT2D eigenvalue weighted by Crippen LogP contribution is -2.19. The van der Waals surface area contributed by atoms with E-state index in [-0.39, 0.29) is 47.5 Å². The Morgan fingerprint density at radius 1 is 0.355 bits per heavy atom. The van der Waals surface area contributed by atoms with Crippen molar-refractivity contribution < 1.29 is 38.1 Å². The predicted octanol–water partition coefficient (Wildman–Crippen LogP) is 15.8. The van der Waals surface area contributed by atoms with Crippen molar-refractivity contribution in [1.29, 1.82) is 0 Å². The Hall–Kier alpha value is -3.68. The number of carbonyl (C=O) groups is 4. The van der Waals surface area contributed by atoms with Crippen molar-refractivity contribution >= 4 is 23.9 Å². The number of unbranched alkanes of at least 4 members (excludes halogenated alkanes) is 14. The molecule has 8 nitrogen and oxygen atoms in total. The molecule has 4 atom stereocenters. The molecule has 2 aromatic rings. The van der Waals surface area contributed by atoms with Crippen LogP contribution in [0.25, 0.3) is 0 Å². The summed E-state index contributed by atoms with van der Waals surface area (Å²) < 4.78 is 22.3. The van der Waals surface area contributed by atoms with Crippen molar-refractivity contribution in [2.24, 2.45) is 23.7 Å². The van der Waals surface area contributed by atoms with Crippen LogP contribution >= 0.6 is 0 Å². The van der Waals surface area contributed by atoms with Crippen molar-refractivity contribution in [3.63, 3.8) is 0 Å². The Morgan fingerprint density at radius 3 is 0.758 bits per heavy atom. The van der Waals surface area contributed by atoms with E-state index in [0.717, 1.165) is 88.2 Å². The molecule has 4 unspecified atom stereocenters. The molecule has 0 N–H and O–H groups in total. The van der Waals surface area contributed by atoms with Crippen LogP contribution in [-0.2, 0) is 19.2 Å². The van der Waals surface area contributed by atoms with Gasteiger partial charge in [0.05, 0.1) is 23.7 Å². The standard InChI is InChI=1S/C27H44O4.C25H40O4.C2H6/c1-6-8-10-12-14-16-22(4)26(28)30-24-18-21(3)19-25(20-24)31-27(29)23(5)17-15-13-11-9-7-2;1-6-8-10-12-14-20(4)24(26)28-22-16-19(3)17-23(18-22)29-25(27)21(5)15-13-11-9-7-2;1-2/h18-20,22-23H,6-17H2,1-5H3;16-18,20-21H,6-15H2,1-5H3;1-2H3. The summed E-state index contributed by atoms with van der Waals surface area (Å²) >= 11 is 0. The molecule has 62 heavy (non-hydrogen) atoms. The smallest absolute Gasteiger partial charge is 0.314 e. The third kappa shape index (κ3) is 28.1. The van der Waals surface area contributed by atoms with Gasteiger partial charge in [0, 0.05) is 12.1 Å². The van der Waals surface area contributed by atoms with E-state index in [0.29, 0.717) is 23.0 Å². The highest BCUT2D eigenvalue weighted by Gasteiger charge is 2.20. The third-order valence-electron chi connectivity index (χ3n) is 11.0. The molecule has 0 aliphatic carbocycles. The first-order valence-electron chi connectivity index (χ1n) is 24.8. The Labute approximate surface area is 379 Å². The maximum atomic E-state index is 12.4. The van der Waals surface area contributed by atoms with E-state index in [9.17, 15) is 19.2 Å². The van der Waals surface area contributed by atoms with Gasteiger partial charge < -0.3 is 18.9 Å². The molecule has 0 amide bonds. The van der Waals surface area contributed by atoms with Crippen LogP contribution in [0, 0.1) is 37.5 Å². The molecule has 0 saturated carbocycles. The quantitative estimate of drug-likeness (QED) is 0.0434. The van der Waals surface area contributed by atoms with Crippen LogP contribution < -0.4 is 18.9 Å². The number of hydrogen-bond acceptors (Lipinski definition) is 8. The Kier molecular flexibility index (Phi) is 34.6. The van der Waals surface area contributed by atoms with E-state index in [1.807, 2.05) is 55.4 Å². The molecule has 2 rings (SSSR count). The normalized spacial score (nSPS) is 12.6. The summed E-state index contributed by atoms with van der Waals surface area (Å²) in [5.41, 5.74) is 1.79. The van der Waals surface area contributed by atoms with Crippen molar-refractivity contribution in [3.05, 3.63) is 47.5 Å². The maximum absolute atomic E-state index is 12.4. The molecule has 0 heterocycles. The minimum atomic E-state index is -0.228. The average molecular weight is 867 g/mol. The van der Waals surface area contributed by atoms with Crippen molar-refractivity contribution in [1.82, 2.24) is 0 Å². The zero-order chi connectivity index (χ0) is 46.7. The summed E-state index contributed by atoms with van der Waals surface area (Å²) in [7, 11) is 0. The highest BCUT2D eigenvalue weighted by molar-refractivity contribution is 5.77. The number of hydrogen-bond donors (Lipinski definition) is 0. The van der Waals surface area contributed by atoms with Gasteiger partial charge in [-0.1, -0.05) is 185 Å². The molecule has 0 fully saturated rings. The fraction of sp³-hybridized carbons (Fsp3) is 0.704. The first kappa shape index (κ1) is 58.3. The number of ether oxygens (including phenoxy) is 4. The number of benzene rings is 2. The van der Waals surface area contributed by atoms with Gasteiger partial charge in [-0.15, -0.1) is 0 Å². The second-order valence-electron chi connectivity index (χ2n) is 17.4. The molecule has 0 bridgehead atoms. The lowest BCUT2D eigenvalue weighted by Gasteiger charge is -2.14. The molecule has 0 saturated heterocycles. The monoisotopic (exact) mass is 867 g/mol. The maximum Gasteiger partial charge on any atom is 0.314 e. The van der Waals surface area contributed by atoms with Crippen LogP contribution in [0.5, 0.6) is 23.0 Å². The molecule has 2 aromatic carbocycles. The van der Waals surface area contributed by atoms with Crippen LogP contribution in [0.4, 0.5) is 0 Å². The van der Waals surface area contributed by atoms with E-state index >= 15 is 0 Å². The van der Waals surface area contributed by atoms with Gasteiger partial charge in [-0.25, -0.2) is 0 Å². The average Bonchev–Trinajstić information content (AvgIpc) is 3.23. The van der Waals surface area contributed by atoms with Crippen LogP contribution in [0.1, 0.15) is 222 Å². The number of aryl methyl sites for hydroxylation is 2. The zero-order valence-corrected chi connectivity index (χ0v) is 41.6. The summed E-state index contributed by atoms with van der Waals surface area (Å²) in [6.07, 6.45) is 24.3. The molecule has 8 heteroatoms. The van der Waals surface area contributed by atoms with E-state index in [1.165, 1.54) is 64.2 Å². The first-order valence-corrected chi connectivity index (χ1v) is 24.8. The molecule has 0 aliphatic heterocycles. The largest absolute Gasteiger partial charge is 0.426 e. The van der Waals surface area contributed by atoms with Gasteiger partial charge in [0.25, 0.3) is 0 Å². The number of rotatable bonds is 30. The molecule has 354 valence electrons. The fourth-order valence-corrected chi connectivity index (χ4v) is 6.86. The van der Waals surface area contributed by atoms with Crippen molar-refractivity contribution in [2.45, 2.75) is 224 Å². The van der Waals surface area contributed by atoms with Gasteiger partial charge in [0.1, 0.15) is 23.0 Å². The van der Waals surface area contributed by atoms with E-state index in [4.69, 9.17) is 18.9 Å². The number of carbonyl (C=O) groups excluding carboxylic acids is 4. The van der Waals surface area contributed by atoms with E-state index in [1.54, 1.807) is 36.4 Å². The summed E-state index contributed by atoms with van der Waals surface area (Å²) in [6, 6.07) is 10.5. The van der Waals surface area contributed by atoms with Crippen molar-refractivity contribution in [3.8, 4) is 23.0 Å². The molecular formula is C54H90O8. The van der Waals surface area contributed by atoms with Gasteiger partial charge in [0.15, 0.2) is 0 Å². The summed E-state index contributed by atoms with van der Waals surface area (Å²) in [4.78, 5) is 49.6. The van der Waals surface area contributed by atoms with Crippen molar-refractivity contribution in [2.75, 3.05) is 0 Å². The summed E-state index contributed by atoms with van der Waals surface area (Å²) in [5.74, 6) is 0.308. The lowest BCUT2D eigenvalue weighted by atomic mass is 10.0. The molecular weight excluding hydrogens is 777 g/mol. The Balaban J connectivity index is 0.00000116. The zero-order valence-electron chi connectivity index (χ0n) is 41.6. The molecule has 0 spiro atoms. The molecule has 0 aromatic heterocycles. The Bertz CT molecular complexity index is 1400. The second kappa shape index (κ2) is 36.8. The van der Waals surface area contributed by atoms with Crippen LogP contribution in [0.2, 0.25) is 0 Å². The molecule has 0 aliphatic rings. The Morgan fingerprint density at radius 2 is 0.548 bits per heavy atom. The first-order chi connectivity index (χ1) is 29.7. The minimum absolute atomic E-state index is 0.137. The highest BCUT2D eigenvalue weighted by atomic mass is 16.6. The second-order valence-corrected chi connectivity index (χ2v) is 17.4. The SMILES string of the molecule is CC.CCCCCCC(C)C(=O)Oc1cc(C)cc(OC(=O)C(C)CCCCCC)c1.CCCCCCCC(C)C(=O)Oc1cc(C)cc(OC(=O)C(C)CCCCCCC)c1. The summed E-state index contributed by atoms with van der Waals surface area (Å²) in [6.45, 7) is 24.2. The summed E-state index contributed by atoms with van der Waals surface area (Å²) in [5, 5.41) is 0. The van der Waals surface area contributed by atoms with Gasteiger partial charge >= 0.3 is 23.9 Å². The van der Waals surface area contributed by atoms with Gasteiger partial charge in [-0.2, -0.15) is 0 Å². The van der Waals surface area contributed by atoms with Crippen LogP contribution in [0.15, 0.2) is 36.4 Å². The van der Waals surface area contributed by atoms with Crippen LogP contribution in [-0.4, -0.2) is 23.9 Å². The minimum Gasteiger partial charge on any atom is -0.426 e. The third-order valence-corrected chi connectivity index (χ3v) is 11.0. The predicted molar refractivity (Wildman–Crippen MR) is 257 cm³/mol. The fourth-order valence-electron chi connectivity index (χ4n) is 6.86. The van der Waals surface area contributed by atoms with E-state index in [2.05, 4.69) is 27.7 Å². The van der Waals surface area contributed by atoms with Gasteiger partial charge in [-0.05, 0) is 74.9 Å². The van der Waals surface area contributed by atoms with Gasteiger partial charge in [-0.3, -0.25) is 19.2 Å². The van der Waals surface area contributed by atoms with E-state index < -0.39 is 0 Å². The lowest BCUT2D eigenvalue weighted by molar-refractivity contribution is -0.140. The topological polar surface area (TPSA) is 105 Å². The molecule has 0 radical (unpaired) electrons. The highest BCUT2D eigenvalue weighted by Crippen LogP contribution is 2.27. The van der Waals surface area contributed by atoms with Crippen LogP contribution in [0.3, 0.4) is 0 Å².